The van der Waals surface area contributed by atoms with Gasteiger partial charge < -0.3 is 5.11 Å². The molecule has 0 aromatic rings. The van der Waals surface area contributed by atoms with Gasteiger partial charge in [-0.2, -0.15) is 0 Å². The van der Waals surface area contributed by atoms with Gasteiger partial charge in [-0.25, -0.2) is 4.39 Å². The van der Waals surface area contributed by atoms with Gasteiger partial charge in [-0.05, 0) is 38.2 Å². The van der Waals surface area contributed by atoms with Crippen molar-refractivity contribution in [2.24, 2.45) is 0 Å². The summed E-state index contributed by atoms with van der Waals surface area (Å²) in [5, 5.41) is 8.49. The molecule has 0 saturated carbocycles. The zero-order chi connectivity index (χ0) is 15.8. The Kier molecular flexibility index (Phi) is 14.2. The fourth-order valence-corrected chi connectivity index (χ4v) is 2.00. The predicted molar refractivity (Wildman–Crippen MR) is 85.9 cm³/mol. The molecule has 21 heavy (non-hydrogen) atoms. The third-order valence-electron chi connectivity index (χ3n) is 3.26. The van der Waals surface area contributed by atoms with Crippen LogP contribution in [0.2, 0.25) is 0 Å². The van der Waals surface area contributed by atoms with Crippen LogP contribution in [0.3, 0.4) is 0 Å². The molecule has 0 saturated heterocycles. The monoisotopic (exact) mass is 296 g/mol. The van der Waals surface area contributed by atoms with E-state index < -0.39 is 12.1 Å². The molecule has 3 heteroatoms. The molecule has 0 heterocycles. The van der Waals surface area contributed by atoms with Crippen LogP contribution in [0.1, 0.15) is 77.6 Å². The third-order valence-corrected chi connectivity index (χ3v) is 3.26. The number of aliphatic carboxylic acids is 1. The first-order valence-corrected chi connectivity index (χ1v) is 8.18. The van der Waals surface area contributed by atoms with Gasteiger partial charge in [-0.3, -0.25) is 4.79 Å². The lowest BCUT2D eigenvalue weighted by molar-refractivity contribution is -0.137. The van der Waals surface area contributed by atoms with Crippen LogP contribution >= 0.6 is 0 Å². The highest BCUT2D eigenvalue weighted by Gasteiger charge is 1.99. The predicted octanol–water partition coefficient (Wildman–Crippen LogP) is 5.28. The summed E-state index contributed by atoms with van der Waals surface area (Å²) in [4.78, 5) is 10.3. The van der Waals surface area contributed by atoms with Gasteiger partial charge in [0.15, 0.2) is 6.17 Å². The van der Waals surface area contributed by atoms with Crippen LogP contribution in [0.4, 0.5) is 4.39 Å². The number of halogens is 1. The van der Waals surface area contributed by atoms with E-state index in [0.717, 1.165) is 57.8 Å². The Hall–Kier alpha value is -1.30. The van der Waals surface area contributed by atoms with Gasteiger partial charge >= 0.3 is 5.97 Å². The number of unbranched alkanes of at least 4 members (excludes halogenated alkanes) is 7. The Bertz CT molecular complexity index is 339. The normalized spacial score (nSPS) is 12.1. The Labute approximate surface area is 128 Å². The van der Waals surface area contributed by atoms with E-state index in [1.54, 1.807) is 6.08 Å². The Morgan fingerprint density at radius 2 is 1.86 bits per heavy atom. The molecule has 0 aliphatic rings. The van der Waals surface area contributed by atoms with Crippen molar-refractivity contribution in [1.82, 2.24) is 0 Å². The number of carbonyl (C=O) groups is 1. The summed E-state index contributed by atoms with van der Waals surface area (Å²) in [6, 6.07) is 0. The number of hydrogen-bond acceptors (Lipinski definition) is 1. The van der Waals surface area contributed by atoms with E-state index in [1.807, 2.05) is 6.08 Å². The molecular formula is C18H29FO2. The van der Waals surface area contributed by atoms with Crippen LogP contribution < -0.4 is 0 Å². The Morgan fingerprint density at radius 1 is 1.14 bits per heavy atom. The van der Waals surface area contributed by atoms with E-state index in [-0.39, 0.29) is 6.42 Å². The van der Waals surface area contributed by atoms with Crippen molar-refractivity contribution in [3.8, 4) is 11.8 Å². The van der Waals surface area contributed by atoms with E-state index in [0.29, 0.717) is 6.42 Å². The number of alkyl halides is 1. The van der Waals surface area contributed by atoms with Gasteiger partial charge in [0.05, 0.1) is 0 Å². The molecule has 0 amide bonds. The highest BCUT2D eigenvalue weighted by atomic mass is 19.1. The summed E-state index contributed by atoms with van der Waals surface area (Å²) in [5.74, 6) is 4.67. The van der Waals surface area contributed by atoms with Crippen molar-refractivity contribution >= 4 is 5.97 Å². The topological polar surface area (TPSA) is 37.3 Å². The summed E-state index contributed by atoms with van der Waals surface area (Å²) in [6.45, 7) is 2.10. The van der Waals surface area contributed by atoms with Gasteiger partial charge in [0.25, 0.3) is 0 Å². The summed E-state index contributed by atoms with van der Waals surface area (Å²) in [6.07, 6.45) is 12.7. The lowest BCUT2D eigenvalue weighted by Gasteiger charge is -1.98. The second-order valence-corrected chi connectivity index (χ2v) is 5.35. The van der Waals surface area contributed by atoms with Crippen LogP contribution in [0.15, 0.2) is 12.2 Å². The maximum atomic E-state index is 13.3. The molecular weight excluding hydrogens is 267 g/mol. The lowest BCUT2D eigenvalue weighted by atomic mass is 10.1. The highest BCUT2D eigenvalue weighted by Crippen LogP contribution is 2.08. The molecule has 0 aromatic carbocycles. The van der Waals surface area contributed by atoms with Gasteiger partial charge in [0.1, 0.15) is 0 Å². The van der Waals surface area contributed by atoms with Crippen LogP contribution in [-0.2, 0) is 4.79 Å². The van der Waals surface area contributed by atoms with Crippen molar-refractivity contribution in [3.05, 3.63) is 12.2 Å². The van der Waals surface area contributed by atoms with E-state index in [1.165, 1.54) is 0 Å². The standard InChI is InChI=1S/C18H29FO2/c1-2-3-11-14-17(19)15-12-9-7-5-4-6-8-10-13-16-18(20)21/h7,9,17H,2-6,8,10-11,13-14,16H2,1H3,(H,20,21)/b9-7-/t17-/m1/s1. The van der Waals surface area contributed by atoms with E-state index >= 15 is 0 Å². The second-order valence-electron chi connectivity index (χ2n) is 5.35. The maximum Gasteiger partial charge on any atom is 0.303 e. The largest absolute Gasteiger partial charge is 0.481 e. The fourth-order valence-electron chi connectivity index (χ4n) is 2.00. The molecule has 0 aliphatic heterocycles. The zero-order valence-corrected chi connectivity index (χ0v) is 13.2. The van der Waals surface area contributed by atoms with E-state index in [2.05, 4.69) is 18.8 Å². The van der Waals surface area contributed by atoms with Crippen LogP contribution in [-0.4, -0.2) is 17.2 Å². The molecule has 0 fully saturated rings. The van der Waals surface area contributed by atoms with Crippen molar-refractivity contribution in [2.75, 3.05) is 0 Å². The second kappa shape index (κ2) is 15.1. The molecule has 0 unspecified atom stereocenters. The maximum absolute atomic E-state index is 13.3. The Balaban J connectivity index is 3.41. The van der Waals surface area contributed by atoms with Gasteiger partial charge in [0, 0.05) is 6.42 Å². The number of rotatable bonds is 12. The molecule has 120 valence electrons. The van der Waals surface area contributed by atoms with Crippen molar-refractivity contribution in [3.63, 3.8) is 0 Å². The highest BCUT2D eigenvalue weighted by molar-refractivity contribution is 5.66. The Morgan fingerprint density at radius 3 is 2.57 bits per heavy atom. The molecule has 0 spiro atoms. The van der Waals surface area contributed by atoms with Crippen molar-refractivity contribution in [2.45, 2.75) is 83.7 Å². The molecule has 0 radical (unpaired) electrons. The summed E-state index contributed by atoms with van der Waals surface area (Å²) in [7, 11) is 0. The van der Waals surface area contributed by atoms with Crippen LogP contribution in [0.25, 0.3) is 0 Å². The number of carboxylic acids is 1. The number of carboxylic acid groups (broad SMARTS) is 1. The fraction of sp³-hybridized carbons (Fsp3) is 0.722. The molecule has 0 aromatic heterocycles. The molecule has 0 aliphatic carbocycles. The average Bonchev–Trinajstić information content (AvgIpc) is 2.44. The minimum absolute atomic E-state index is 0.276. The molecule has 2 nitrogen and oxygen atoms in total. The minimum atomic E-state index is -0.990. The van der Waals surface area contributed by atoms with E-state index in [4.69, 9.17) is 5.11 Å². The summed E-state index contributed by atoms with van der Waals surface area (Å²) >= 11 is 0. The van der Waals surface area contributed by atoms with Gasteiger partial charge in [-0.1, -0.05) is 56.9 Å². The summed E-state index contributed by atoms with van der Waals surface area (Å²) in [5.41, 5.74) is 0. The quantitative estimate of drug-likeness (QED) is 0.393. The molecule has 0 rings (SSSR count). The number of hydrogen-bond donors (Lipinski definition) is 1. The third kappa shape index (κ3) is 16.6. The van der Waals surface area contributed by atoms with Crippen molar-refractivity contribution < 1.29 is 14.3 Å². The van der Waals surface area contributed by atoms with Crippen molar-refractivity contribution in [1.29, 1.82) is 0 Å². The molecule has 1 atom stereocenters. The minimum Gasteiger partial charge on any atom is -0.481 e. The first kappa shape index (κ1) is 19.7. The smallest absolute Gasteiger partial charge is 0.303 e. The molecule has 1 N–H and O–H groups in total. The van der Waals surface area contributed by atoms with E-state index in [9.17, 15) is 9.18 Å². The summed E-state index contributed by atoms with van der Waals surface area (Å²) < 4.78 is 13.3. The first-order chi connectivity index (χ1) is 10.2. The van der Waals surface area contributed by atoms with Gasteiger partial charge in [0.2, 0.25) is 0 Å². The molecule has 0 bridgehead atoms. The first-order valence-electron chi connectivity index (χ1n) is 8.18. The lowest BCUT2D eigenvalue weighted by Crippen LogP contribution is -1.94. The zero-order valence-electron chi connectivity index (χ0n) is 13.2. The van der Waals surface area contributed by atoms with Gasteiger partial charge in [-0.15, -0.1) is 0 Å². The van der Waals surface area contributed by atoms with Crippen LogP contribution in [0.5, 0.6) is 0 Å². The SMILES string of the molecule is CCCCC[C@@H](F)C#C/C=C\CCCCCCCC(=O)O. The average molecular weight is 296 g/mol. The van der Waals surface area contributed by atoms with Crippen LogP contribution in [0, 0.1) is 11.8 Å². The number of allylic oxidation sites excluding steroid dienone is 2.